The summed E-state index contributed by atoms with van der Waals surface area (Å²) in [6.07, 6.45) is -5.85. The number of hydrogen-bond acceptors (Lipinski definition) is 6. The Labute approximate surface area is 208 Å². The molecular formula is C22H28F6N4O5. The van der Waals surface area contributed by atoms with Crippen LogP contribution in [-0.4, -0.2) is 80.5 Å². The molecular weight excluding hydrogens is 514 g/mol. The summed E-state index contributed by atoms with van der Waals surface area (Å²) in [5.74, 6) is -2.16. The van der Waals surface area contributed by atoms with Gasteiger partial charge in [-0.3, -0.25) is 9.80 Å². The topological polar surface area (TPSA) is 112 Å². The molecule has 2 aromatic rings. The van der Waals surface area contributed by atoms with E-state index in [2.05, 4.69) is 40.5 Å². The number of carboxylic acids is 2. The highest BCUT2D eigenvalue weighted by Gasteiger charge is 2.45. The van der Waals surface area contributed by atoms with Crippen LogP contribution in [0.15, 0.2) is 22.7 Å². The van der Waals surface area contributed by atoms with Crippen LogP contribution in [0.2, 0.25) is 0 Å². The van der Waals surface area contributed by atoms with Crippen molar-refractivity contribution in [3.63, 3.8) is 0 Å². The summed E-state index contributed by atoms with van der Waals surface area (Å²) < 4.78 is 71.6. The molecule has 2 N–H and O–H groups in total. The van der Waals surface area contributed by atoms with Gasteiger partial charge in [-0.15, -0.1) is 0 Å². The van der Waals surface area contributed by atoms with E-state index in [0.717, 1.165) is 57.1 Å². The molecule has 0 saturated carbocycles. The molecule has 2 aromatic heterocycles. The first-order valence-electron chi connectivity index (χ1n) is 11.1. The van der Waals surface area contributed by atoms with Crippen molar-refractivity contribution in [2.24, 2.45) is 0 Å². The summed E-state index contributed by atoms with van der Waals surface area (Å²) in [4.78, 5) is 27.6. The van der Waals surface area contributed by atoms with E-state index in [4.69, 9.17) is 29.2 Å². The Morgan fingerprint density at radius 3 is 1.92 bits per heavy atom. The van der Waals surface area contributed by atoms with Crippen molar-refractivity contribution in [1.82, 2.24) is 19.4 Å². The van der Waals surface area contributed by atoms with Crippen molar-refractivity contribution in [3.8, 4) is 0 Å². The number of likely N-dealkylation sites (tertiary alicyclic amines) is 1. The molecule has 0 amide bonds. The minimum absolute atomic E-state index is 0.113. The number of hydrogen-bond donors (Lipinski definition) is 2. The monoisotopic (exact) mass is 542 g/mol. The van der Waals surface area contributed by atoms with Gasteiger partial charge in [-0.2, -0.15) is 26.3 Å². The molecule has 15 heteroatoms. The molecule has 0 aromatic carbocycles. The third-order valence-electron chi connectivity index (χ3n) is 6.20. The Hall–Kier alpha value is -3.07. The highest BCUT2D eigenvalue weighted by atomic mass is 19.4. The molecule has 2 aliphatic rings. The van der Waals surface area contributed by atoms with Crippen LogP contribution in [0.1, 0.15) is 35.9 Å². The number of aryl methyl sites for hydroxylation is 2. The molecule has 1 saturated heterocycles. The fourth-order valence-electron chi connectivity index (χ4n) is 4.23. The lowest BCUT2D eigenvalue weighted by molar-refractivity contribution is -0.193. The minimum atomic E-state index is -5.08. The number of fused-ring (bicyclic) bond motifs is 2. The first-order chi connectivity index (χ1) is 17.0. The van der Waals surface area contributed by atoms with E-state index in [1.165, 1.54) is 11.5 Å². The van der Waals surface area contributed by atoms with Gasteiger partial charge in [0, 0.05) is 38.1 Å². The van der Waals surface area contributed by atoms with Gasteiger partial charge in [0.1, 0.15) is 17.3 Å². The van der Waals surface area contributed by atoms with E-state index in [1.54, 1.807) is 0 Å². The third kappa shape index (κ3) is 7.71. The second-order valence-electron chi connectivity index (χ2n) is 8.72. The van der Waals surface area contributed by atoms with Crippen LogP contribution in [0.3, 0.4) is 0 Å². The molecule has 0 atom stereocenters. The number of carboxylic acid groups (broad SMARTS) is 2. The fourth-order valence-corrected chi connectivity index (χ4v) is 4.23. The van der Waals surface area contributed by atoms with Gasteiger partial charge >= 0.3 is 24.3 Å². The van der Waals surface area contributed by atoms with Crippen molar-refractivity contribution >= 4 is 11.9 Å². The Balaban J connectivity index is 0.000000286. The van der Waals surface area contributed by atoms with E-state index >= 15 is 0 Å². The second kappa shape index (κ2) is 11.5. The summed E-state index contributed by atoms with van der Waals surface area (Å²) in [7, 11) is 2.26. The van der Waals surface area contributed by atoms with Crippen molar-refractivity contribution in [1.29, 1.82) is 0 Å². The van der Waals surface area contributed by atoms with Crippen LogP contribution in [0.4, 0.5) is 26.3 Å². The number of piperidine rings is 1. The predicted octanol–water partition coefficient (Wildman–Crippen LogP) is 3.80. The third-order valence-corrected chi connectivity index (χ3v) is 6.20. The maximum absolute atomic E-state index is 10.6. The molecule has 208 valence electrons. The lowest BCUT2D eigenvalue weighted by atomic mass is 9.83. The number of nitrogens with zero attached hydrogens (tertiary/aromatic N) is 4. The van der Waals surface area contributed by atoms with Gasteiger partial charge in [0.25, 0.3) is 0 Å². The van der Waals surface area contributed by atoms with Crippen molar-refractivity contribution < 1.29 is 50.6 Å². The summed E-state index contributed by atoms with van der Waals surface area (Å²) in [5.41, 5.74) is 1.41. The van der Waals surface area contributed by atoms with Gasteiger partial charge in [0.15, 0.2) is 0 Å². The first-order valence-corrected chi connectivity index (χ1v) is 11.1. The van der Waals surface area contributed by atoms with Crippen molar-refractivity contribution in [2.75, 3.05) is 26.7 Å². The Morgan fingerprint density at radius 1 is 0.973 bits per heavy atom. The smallest absolute Gasteiger partial charge is 0.475 e. The molecule has 1 spiro atoms. The lowest BCUT2D eigenvalue weighted by Gasteiger charge is -2.49. The molecule has 0 aliphatic carbocycles. The number of furan rings is 1. The summed E-state index contributed by atoms with van der Waals surface area (Å²) >= 11 is 0. The number of alkyl halides is 6. The quantitative estimate of drug-likeness (QED) is 0.552. The average Bonchev–Trinajstić information content (AvgIpc) is 3.37. The van der Waals surface area contributed by atoms with E-state index in [-0.39, 0.29) is 5.54 Å². The number of carbonyl (C=O) groups is 2. The molecule has 37 heavy (non-hydrogen) atoms. The van der Waals surface area contributed by atoms with Crippen LogP contribution in [0.5, 0.6) is 0 Å². The zero-order valence-electron chi connectivity index (χ0n) is 20.4. The number of halogens is 6. The molecule has 1 fully saturated rings. The van der Waals surface area contributed by atoms with Gasteiger partial charge in [-0.1, -0.05) is 0 Å². The van der Waals surface area contributed by atoms with Gasteiger partial charge < -0.3 is 19.2 Å². The maximum atomic E-state index is 10.6. The molecule has 2 aliphatic heterocycles. The predicted molar refractivity (Wildman–Crippen MR) is 117 cm³/mol. The molecule has 0 unspecified atom stereocenters. The molecule has 4 rings (SSSR count). The normalized spacial score (nSPS) is 17.8. The van der Waals surface area contributed by atoms with E-state index < -0.39 is 24.3 Å². The molecule has 0 bridgehead atoms. The van der Waals surface area contributed by atoms with Crippen molar-refractivity contribution in [3.05, 3.63) is 41.4 Å². The highest BCUT2D eigenvalue weighted by molar-refractivity contribution is 5.73. The van der Waals surface area contributed by atoms with E-state index in [0.29, 0.717) is 0 Å². The zero-order chi connectivity index (χ0) is 28.2. The van der Waals surface area contributed by atoms with Gasteiger partial charge in [0.05, 0.1) is 12.1 Å². The first kappa shape index (κ1) is 30.2. The van der Waals surface area contributed by atoms with Crippen molar-refractivity contribution in [2.45, 2.75) is 57.7 Å². The largest absolute Gasteiger partial charge is 0.490 e. The number of rotatable bonds is 2. The van der Waals surface area contributed by atoms with Gasteiger partial charge in [-0.05, 0) is 45.9 Å². The lowest BCUT2D eigenvalue weighted by Crippen LogP contribution is -2.56. The van der Waals surface area contributed by atoms with Crippen LogP contribution in [0, 0.1) is 13.8 Å². The summed E-state index contributed by atoms with van der Waals surface area (Å²) in [6, 6.07) is 4.15. The number of aromatic nitrogens is 2. The number of imidazole rings is 1. The van der Waals surface area contributed by atoms with Crippen LogP contribution in [-0.2, 0) is 28.2 Å². The second-order valence-corrected chi connectivity index (χ2v) is 8.72. The van der Waals surface area contributed by atoms with Gasteiger partial charge in [0.2, 0.25) is 0 Å². The van der Waals surface area contributed by atoms with Crippen LogP contribution in [0.25, 0.3) is 0 Å². The van der Waals surface area contributed by atoms with Crippen LogP contribution < -0.4 is 0 Å². The Kier molecular flexibility index (Phi) is 9.41. The van der Waals surface area contributed by atoms with E-state index in [1.807, 2.05) is 13.1 Å². The van der Waals surface area contributed by atoms with Gasteiger partial charge in [-0.25, -0.2) is 14.6 Å². The minimum Gasteiger partial charge on any atom is -0.475 e. The maximum Gasteiger partial charge on any atom is 0.490 e. The molecule has 9 nitrogen and oxygen atoms in total. The Bertz CT molecular complexity index is 1050. The molecule has 0 radical (unpaired) electrons. The standard InChI is InChI=1S/C18H26N4O.2C2HF3O2/c1-14-12-19-17-18(20(3)10-11-22(14)17)6-8-21(9-7-18)13-16-5-4-15(2)23-16;2*3-2(4,5)1(6)7/h4-5,12H,6-11,13H2,1-3H3;2*(H,6,7). The Morgan fingerprint density at radius 2 is 1.49 bits per heavy atom. The summed E-state index contributed by atoms with van der Waals surface area (Å²) in [6.45, 7) is 9.46. The molecule has 4 heterocycles. The highest BCUT2D eigenvalue weighted by Crippen LogP contribution is 2.40. The van der Waals surface area contributed by atoms with Crippen LogP contribution >= 0.6 is 0 Å². The average molecular weight is 542 g/mol. The fraction of sp³-hybridized carbons (Fsp3) is 0.591. The van der Waals surface area contributed by atoms with E-state index in [9.17, 15) is 26.3 Å². The SMILES string of the molecule is Cc1ccc(CN2CCC3(CC2)c2ncc(C)n2CCN3C)o1.O=C(O)C(F)(F)F.O=C(O)C(F)(F)F. The summed E-state index contributed by atoms with van der Waals surface area (Å²) in [5, 5.41) is 14.2. The number of aliphatic carboxylic acids is 2. The zero-order valence-corrected chi connectivity index (χ0v) is 20.4. The number of likely N-dealkylation sites (N-methyl/N-ethyl adjacent to an activating group) is 1.